The van der Waals surface area contributed by atoms with Crippen molar-refractivity contribution in [3.63, 3.8) is 0 Å². The molecule has 102 valence electrons. The van der Waals surface area contributed by atoms with Gasteiger partial charge in [-0.3, -0.25) is 4.79 Å². The lowest BCUT2D eigenvalue weighted by molar-refractivity contribution is -0.149. The van der Waals surface area contributed by atoms with Crippen LogP contribution in [0.2, 0.25) is 0 Å². The highest BCUT2D eigenvalue weighted by Gasteiger charge is 2.42. The lowest BCUT2D eigenvalue weighted by Crippen LogP contribution is -2.60. The highest BCUT2D eigenvalue weighted by Crippen LogP contribution is 2.28. The molecular formula is C12H20N2O3S. The summed E-state index contributed by atoms with van der Waals surface area (Å²) in [5.74, 6) is 0.681. The van der Waals surface area contributed by atoms with E-state index in [0.717, 1.165) is 37.3 Å². The first-order chi connectivity index (χ1) is 8.64. The molecule has 1 aliphatic carbocycles. The fourth-order valence-electron chi connectivity index (χ4n) is 2.60. The van der Waals surface area contributed by atoms with Crippen LogP contribution in [0.4, 0.5) is 0 Å². The minimum atomic E-state index is -1.03. The van der Waals surface area contributed by atoms with Gasteiger partial charge in [0.1, 0.15) is 5.54 Å². The summed E-state index contributed by atoms with van der Waals surface area (Å²) < 4.78 is 0. The zero-order valence-corrected chi connectivity index (χ0v) is 11.2. The molecule has 1 heterocycles. The molecule has 2 aliphatic rings. The maximum Gasteiger partial charge on any atom is 0.329 e. The van der Waals surface area contributed by atoms with Crippen molar-refractivity contribution < 1.29 is 14.7 Å². The molecule has 0 bridgehead atoms. The minimum Gasteiger partial charge on any atom is -0.480 e. The molecular weight excluding hydrogens is 252 g/mol. The van der Waals surface area contributed by atoms with Crippen molar-refractivity contribution in [3.05, 3.63) is 0 Å². The topological polar surface area (TPSA) is 78.4 Å². The third-order valence-electron chi connectivity index (χ3n) is 3.72. The standard InChI is InChI=1S/C12H20N2O3S/c15-10(9-8-18-7-6-13-9)14-12(11(16)17)4-2-1-3-5-12/h9,13H,1-8H2,(H,14,15)(H,16,17). The Hall–Kier alpha value is -0.750. The molecule has 0 aromatic heterocycles. The second kappa shape index (κ2) is 5.93. The molecule has 0 spiro atoms. The third kappa shape index (κ3) is 2.98. The lowest BCUT2D eigenvalue weighted by Gasteiger charge is -2.35. The zero-order chi connectivity index (χ0) is 13.0. The van der Waals surface area contributed by atoms with Crippen LogP contribution < -0.4 is 10.6 Å². The number of amides is 1. The third-order valence-corrected chi connectivity index (χ3v) is 4.78. The second-order valence-corrected chi connectivity index (χ2v) is 6.17. The summed E-state index contributed by atoms with van der Waals surface area (Å²) in [6, 6.07) is -0.248. The maximum atomic E-state index is 12.1. The van der Waals surface area contributed by atoms with Crippen molar-refractivity contribution >= 4 is 23.6 Å². The van der Waals surface area contributed by atoms with Crippen molar-refractivity contribution in [2.75, 3.05) is 18.1 Å². The Morgan fingerprint density at radius 3 is 2.56 bits per heavy atom. The molecule has 1 aliphatic heterocycles. The van der Waals surface area contributed by atoms with Gasteiger partial charge in [-0.05, 0) is 12.8 Å². The van der Waals surface area contributed by atoms with Gasteiger partial charge in [-0.25, -0.2) is 4.79 Å². The van der Waals surface area contributed by atoms with Crippen LogP contribution >= 0.6 is 11.8 Å². The number of carboxylic acid groups (broad SMARTS) is 1. The van der Waals surface area contributed by atoms with Gasteiger partial charge < -0.3 is 15.7 Å². The van der Waals surface area contributed by atoms with Gasteiger partial charge in [0.25, 0.3) is 0 Å². The van der Waals surface area contributed by atoms with Crippen LogP contribution in [-0.2, 0) is 9.59 Å². The number of carboxylic acids is 1. The molecule has 1 saturated heterocycles. The van der Waals surface area contributed by atoms with E-state index in [0.29, 0.717) is 12.8 Å². The fourth-order valence-corrected chi connectivity index (χ4v) is 3.54. The van der Waals surface area contributed by atoms with Gasteiger partial charge in [-0.15, -0.1) is 0 Å². The summed E-state index contributed by atoms with van der Waals surface area (Å²) in [5.41, 5.74) is -1.03. The molecule has 1 amide bonds. The number of carbonyl (C=O) groups excluding carboxylic acids is 1. The molecule has 5 nitrogen and oxygen atoms in total. The summed E-state index contributed by atoms with van der Waals surface area (Å²) in [6.45, 7) is 0.808. The summed E-state index contributed by atoms with van der Waals surface area (Å²) in [7, 11) is 0. The quantitative estimate of drug-likeness (QED) is 0.701. The molecule has 1 unspecified atom stereocenters. The normalized spacial score (nSPS) is 27.4. The monoisotopic (exact) mass is 272 g/mol. The van der Waals surface area contributed by atoms with Gasteiger partial charge in [0.2, 0.25) is 5.91 Å². The first-order valence-electron chi connectivity index (χ1n) is 6.51. The number of thioether (sulfide) groups is 1. The number of hydrogen-bond donors (Lipinski definition) is 3. The van der Waals surface area contributed by atoms with E-state index in [1.165, 1.54) is 0 Å². The molecule has 3 N–H and O–H groups in total. The Bertz CT molecular complexity index is 323. The Kier molecular flexibility index (Phi) is 4.50. The Balaban J connectivity index is 1.99. The van der Waals surface area contributed by atoms with Crippen molar-refractivity contribution in [1.82, 2.24) is 10.6 Å². The van der Waals surface area contributed by atoms with Gasteiger partial charge in [0.05, 0.1) is 6.04 Å². The van der Waals surface area contributed by atoms with Crippen molar-refractivity contribution in [3.8, 4) is 0 Å². The van der Waals surface area contributed by atoms with Crippen LogP contribution in [-0.4, -0.2) is 46.6 Å². The van der Waals surface area contributed by atoms with Crippen molar-refractivity contribution in [2.24, 2.45) is 0 Å². The Labute approximate surface area is 111 Å². The first-order valence-corrected chi connectivity index (χ1v) is 7.66. The van der Waals surface area contributed by atoms with Crippen LogP contribution in [0.3, 0.4) is 0 Å². The predicted octanol–water partition coefficient (Wildman–Crippen LogP) is 0.595. The van der Waals surface area contributed by atoms with E-state index in [2.05, 4.69) is 10.6 Å². The van der Waals surface area contributed by atoms with E-state index in [1.807, 2.05) is 0 Å². The average molecular weight is 272 g/mol. The summed E-state index contributed by atoms with van der Waals surface area (Å²) in [5, 5.41) is 15.3. The van der Waals surface area contributed by atoms with Gasteiger partial charge in [0, 0.05) is 18.1 Å². The smallest absolute Gasteiger partial charge is 0.329 e. The van der Waals surface area contributed by atoms with Gasteiger partial charge in [-0.2, -0.15) is 11.8 Å². The molecule has 2 fully saturated rings. The van der Waals surface area contributed by atoms with Crippen LogP contribution in [0.15, 0.2) is 0 Å². The molecule has 18 heavy (non-hydrogen) atoms. The van der Waals surface area contributed by atoms with E-state index in [9.17, 15) is 14.7 Å². The number of carbonyl (C=O) groups is 2. The number of nitrogens with one attached hydrogen (secondary N) is 2. The largest absolute Gasteiger partial charge is 0.480 e. The Morgan fingerprint density at radius 1 is 1.28 bits per heavy atom. The zero-order valence-electron chi connectivity index (χ0n) is 10.4. The number of hydrogen-bond acceptors (Lipinski definition) is 4. The van der Waals surface area contributed by atoms with Crippen LogP contribution in [0, 0.1) is 0 Å². The predicted molar refractivity (Wildman–Crippen MR) is 70.7 cm³/mol. The number of aliphatic carboxylic acids is 1. The molecule has 2 rings (SSSR count). The van der Waals surface area contributed by atoms with E-state index in [4.69, 9.17) is 0 Å². The molecule has 1 saturated carbocycles. The summed E-state index contributed by atoms with van der Waals surface area (Å²) >= 11 is 1.73. The molecule has 6 heteroatoms. The maximum absolute atomic E-state index is 12.1. The van der Waals surface area contributed by atoms with Gasteiger partial charge >= 0.3 is 5.97 Å². The van der Waals surface area contributed by atoms with Crippen LogP contribution in [0.5, 0.6) is 0 Å². The van der Waals surface area contributed by atoms with Crippen molar-refractivity contribution in [1.29, 1.82) is 0 Å². The van der Waals surface area contributed by atoms with Gasteiger partial charge in [0.15, 0.2) is 0 Å². The highest BCUT2D eigenvalue weighted by atomic mass is 32.2. The molecule has 0 aromatic carbocycles. The Morgan fingerprint density at radius 2 is 2.00 bits per heavy atom. The van der Waals surface area contributed by atoms with Gasteiger partial charge in [-0.1, -0.05) is 19.3 Å². The first kappa shape index (κ1) is 13.7. The molecule has 0 radical (unpaired) electrons. The van der Waals surface area contributed by atoms with E-state index in [1.54, 1.807) is 11.8 Å². The SMILES string of the molecule is O=C(NC1(C(=O)O)CCCCC1)C1CSCCN1. The van der Waals surface area contributed by atoms with Crippen LogP contribution in [0.1, 0.15) is 32.1 Å². The van der Waals surface area contributed by atoms with E-state index < -0.39 is 11.5 Å². The fraction of sp³-hybridized carbons (Fsp3) is 0.833. The summed E-state index contributed by atoms with van der Waals surface area (Å²) in [4.78, 5) is 23.6. The van der Waals surface area contributed by atoms with Crippen molar-refractivity contribution in [2.45, 2.75) is 43.7 Å². The van der Waals surface area contributed by atoms with Crippen LogP contribution in [0.25, 0.3) is 0 Å². The minimum absolute atomic E-state index is 0.161. The van der Waals surface area contributed by atoms with E-state index in [-0.39, 0.29) is 11.9 Å². The molecule has 0 aromatic rings. The number of rotatable bonds is 3. The lowest BCUT2D eigenvalue weighted by atomic mass is 9.81. The summed E-state index contributed by atoms with van der Waals surface area (Å²) in [6.07, 6.45) is 3.91. The molecule has 1 atom stereocenters. The average Bonchev–Trinajstić information content (AvgIpc) is 2.40. The van der Waals surface area contributed by atoms with E-state index >= 15 is 0 Å². The second-order valence-electron chi connectivity index (χ2n) is 5.02. The highest BCUT2D eigenvalue weighted by molar-refractivity contribution is 7.99.